The van der Waals surface area contributed by atoms with Crippen molar-refractivity contribution in [2.45, 2.75) is 13.0 Å². The van der Waals surface area contributed by atoms with Gasteiger partial charge in [-0.05, 0) is 22.6 Å². The summed E-state index contributed by atoms with van der Waals surface area (Å²) in [5.74, 6) is 0.217. The lowest BCUT2D eigenvalue weighted by atomic mass is 10.2. The normalized spacial score (nSPS) is 13.6. The van der Waals surface area contributed by atoms with Crippen molar-refractivity contribution in [3.8, 4) is 11.4 Å². The molecule has 0 unspecified atom stereocenters. The Balaban J connectivity index is 1.45. The topological polar surface area (TPSA) is 105 Å². The Kier molecular flexibility index (Phi) is 4.40. The molecule has 2 heterocycles. The second kappa shape index (κ2) is 7.16. The van der Waals surface area contributed by atoms with Crippen molar-refractivity contribution in [1.29, 1.82) is 0 Å². The first-order chi connectivity index (χ1) is 13.2. The van der Waals surface area contributed by atoms with E-state index in [1.807, 2.05) is 48.5 Å². The number of carbonyl (C=O) groups is 2. The predicted molar refractivity (Wildman–Crippen MR) is 97.4 cm³/mol. The molecule has 9 nitrogen and oxygen atoms in total. The van der Waals surface area contributed by atoms with E-state index >= 15 is 0 Å². The van der Waals surface area contributed by atoms with E-state index in [1.54, 1.807) is 12.1 Å². The van der Waals surface area contributed by atoms with Gasteiger partial charge in [0.05, 0.1) is 12.1 Å². The molecular weight excluding hydrogens is 346 g/mol. The number of benzene rings is 2. The van der Waals surface area contributed by atoms with Gasteiger partial charge >= 0.3 is 0 Å². The molecule has 1 N–H and O–H groups in total. The first-order valence-electron chi connectivity index (χ1n) is 8.27. The lowest BCUT2D eigenvalue weighted by molar-refractivity contribution is -0.120. The number of tetrazole rings is 1. The van der Waals surface area contributed by atoms with Gasteiger partial charge in [0.1, 0.15) is 12.4 Å². The van der Waals surface area contributed by atoms with E-state index in [0.29, 0.717) is 17.3 Å². The molecule has 0 saturated carbocycles. The van der Waals surface area contributed by atoms with E-state index in [-0.39, 0.29) is 24.8 Å². The summed E-state index contributed by atoms with van der Waals surface area (Å²) in [6, 6.07) is 18.4. The first-order valence-corrected chi connectivity index (χ1v) is 8.27. The van der Waals surface area contributed by atoms with Gasteiger partial charge in [-0.15, -0.1) is 5.10 Å². The molecule has 4 rings (SSSR count). The fourth-order valence-electron chi connectivity index (χ4n) is 2.71. The van der Waals surface area contributed by atoms with Gasteiger partial charge in [0.2, 0.25) is 5.91 Å². The number of aromatic nitrogens is 4. The molecule has 0 fully saturated rings. The van der Waals surface area contributed by atoms with E-state index in [9.17, 15) is 9.59 Å². The highest BCUT2D eigenvalue weighted by atomic mass is 16.2. The van der Waals surface area contributed by atoms with Crippen LogP contribution in [0.4, 0.5) is 5.69 Å². The van der Waals surface area contributed by atoms with E-state index in [0.717, 1.165) is 5.56 Å². The van der Waals surface area contributed by atoms with Crippen LogP contribution in [0.3, 0.4) is 0 Å². The summed E-state index contributed by atoms with van der Waals surface area (Å²) in [7, 11) is 0. The molecule has 3 aromatic rings. The maximum absolute atomic E-state index is 12.4. The third kappa shape index (κ3) is 3.56. The average Bonchev–Trinajstić information content (AvgIpc) is 3.29. The number of hydrogen-bond acceptors (Lipinski definition) is 6. The van der Waals surface area contributed by atoms with Crippen molar-refractivity contribution < 1.29 is 9.59 Å². The minimum atomic E-state index is -0.360. The molecule has 9 heteroatoms. The maximum Gasteiger partial charge on any atom is 0.255 e. The van der Waals surface area contributed by atoms with Crippen LogP contribution < -0.4 is 10.3 Å². The van der Waals surface area contributed by atoms with Gasteiger partial charge in [-0.3, -0.25) is 9.59 Å². The van der Waals surface area contributed by atoms with Crippen LogP contribution in [-0.4, -0.2) is 37.9 Å². The van der Waals surface area contributed by atoms with Crippen molar-refractivity contribution in [1.82, 2.24) is 25.5 Å². The number of nitrogens with one attached hydrogen (secondary N) is 1. The Hall–Kier alpha value is -3.88. The minimum absolute atomic E-state index is 0.0295. The molecule has 0 saturated heterocycles. The number of nitrogens with zero attached hydrogens (tertiary/aromatic N) is 6. The number of anilines is 1. The van der Waals surface area contributed by atoms with E-state index < -0.39 is 0 Å². The molecule has 134 valence electrons. The zero-order valence-corrected chi connectivity index (χ0v) is 14.2. The lowest BCUT2D eigenvalue weighted by Gasteiger charge is -2.10. The molecule has 0 atom stereocenters. The van der Waals surface area contributed by atoms with Crippen LogP contribution in [0.15, 0.2) is 65.8 Å². The fraction of sp³-hybridized carbons (Fsp3) is 0.111. The van der Waals surface area contributed by atoms with Crippen molar-refractivity contribution in [3.63, 3.8) is 0 Å². The number of carbonyl (C=O) groups excluding carboxylic acids is 2. The second-order valence-electron chi connectivity index (χ2n) is 5.84. The number of hydrazone groups is 1. The van der Waals surface area contributed by atoms with Crippen LogP contribution in [0.2, 0.25) is 0 Å². The molecule has 0 spiro atoms. The number of rotatable bonds is 4. The molecular formula is C18H15N7O2. The first kappa shape index (κ1) is 16.6. The van der Waals surface area contributed by atoms with Gasteiger partial charge in [0, 0.05) is 5.56 Å². The van der Waals surface area contributed by atoms with Gasteiger partial charge in [-0.1, -0.05) is 48.5 Å². The average molecular weight is 361 g/mol. The van der Waals surface area contributed by atoms with E-state index in [2.05, 4.69) is 25.9 Å². The Labute approximate surface area is 154 Å². The summed E-state index contributed by atoms with van der Waals surface area (Å²) in [6.07, 6.45) is 0.0295. The van der Waals surface area contributed by atoms with Crippen LogP contribution in [0, 0.1) is 0 Å². The molecule has 0 bridgehead atoms. The van der Waals surface area contributed by atoms with Gasteiger partial charge < -0.3 is 5.32 Å². The SMILES string of the molecule is O=C(Cn1nnnc1-c1ccccc1)NC1=NN(c2ccccc2)C(=O)C1. The van der Waals surface area contributed by atoms with Crippen LogP contribution >= 0.6 is 0 Å². The summed E-state index contributed by atoms with van der Waals surface area (Å²) in [5, 5.41) is 19.6. The summed E-state index contributed by atoms with van der Waals surface area (Å²) in [6.45, 7) is -0.0875. The van der Waals surface area contributed by atoms with Crippen molar-refractivity contribution in [2.24, 2.45) is 5.10 Å². The van der Waals surface area contributed by atoms with Crippen molar-refractivity contribution in [3.05, 3.63) is 60.7 Å². The lowest BCUT2D eigenvalue weighted by Crippen LogP contribution is -2.33. The predicted octanol–water partition coefficient (Wildman–Crippen LogP) is 1.21. The molecule has 1 aliphatic rings. The third-order valence-electron chi connectivity index (χ3n) is 3.92. The molecule has 1 aliphatic heterocycles. The highest BCUT2D eigenvalue weighted by Crippen LogP contribution is 2.19. The zero-order chi connectivity index (χ0) is 18.6. The van der Waals surface area contributed by atoms with Crippen LogP contribution in [0.1, 0.15) is 6.42 Å². The summed E-state index contributed by atoms with van der Waals surface area (Å²) >= 11 is 0. The van der Waals surface area contributed by atoms with Crippen molar-refractivity contribution in [2.75, 3.05) is 5.01 Å². The van der Waals surface area contributed by atoms with Gasteiger partial charge in [-0.25, -0.2) is 4.68 Å². The Morgan fingerprint density at radius 2 is 1.74 bits per heavy atom. The van der Waals surface area contributed by atoms with Crippen LogP contribution in [0.25, 0.3) is 11.4 Å². The van der Waals surface area contributed by atoms with Gasteiger partial charge in [-0.2, -0.15) is 10.1 Å². The Morgan fingerprint density at radius 3 is 2.48 bits per heavy atom. The monoisotopic (exact) mass is 361 g/mol. The smallest absolute Gasteiger partial charge is 0.255 e. The molecule has 1 aromatic heterocycles. The highest BCUT2D eigenvalue weighted by Gasteiger charge is 2.26. The van der Waals surface area contributed by atoms with Gasteiger partial charge in [0.25, 0.3) is 5.91 Å². The fourth-order valence-corrected chi connectivity index (χ4v) is 2.71. The molecule has 0 radical (unpaired) electrons. The van der Waals surface area contributed by atoms with E-state index in [1.165, 1.54) is 9.69 Å². The molecule has 2 aromatic carbocycles. The van der Waals surface area contributed by atoms with Crippen LogP contribution in [0.5, 0.6) is 0 Å². The minimum Gasteiger partial charge on any atom is -0.311 e. The van der Waals surface area contributed by atoms with Crippen molar-refractivity contribution >= 4 is 23.3 Å². The Morgan fingerprint density at radius 1 is 1.04 bits per heavy atom. The number of para-hydroxylation sites is 1. The molecule has 27 heavy (non-hydrogen) atoms. The second-order valence-corrected chi connectivity index (χ2v) is 5.84. The number of amidine groups is 1. The molecule has 0 aliphatic carbocycles. The largest absolute Gasteiger partial charge is 0.311 e. The zero-order valence-electron chi connectivity index (χ0n) is 14.2. The summed E-state index contributed by atoms with van der Waals surface area (Å²) in [5.41, 5.74) is 1.46. The Bertz CT molecular complexity index is 999. The number of hydrogen-bond donors (Lipinski definition) is 1. The number of amides is 2. The third-order valence-corrected chi connectivity index (χ3v) is 3.92. The maximum atomic E-state index is 12.4. The summed E-state index contributed by atoms with van der Waals surface area (Å²) < 4.78 is 1.40. The van der Waals surface area contributed by atoms with E-state index in [4.69, 9.17) is 0 Å². The highest BCUT2D eigenvalue weighted by molar-refractivity contribution is 6.15. The standard InChI is InChI=1S/C18H15N7O2/c26-16(12-24-18(20-22-23-24)13-7-3-1-4-8-13)19-15-11-17(27)25(21-15)14-9-5-2-6-10-14/h1-10H,11-12H2,(H,19,21,26). The van der Waals surface area contributed by atoms with Gasteiger partial charge in [0.15, 0.2) is 5.82 Å². The molecule has 2 amide bonds. The summed E-state index contributed by atoms with van der Waals surface area (Å²) in [4.78, 5) is 24.5. The van der Waals surface area contributed by atoms with Crippen LogP contribution in [-0.2, 0) is 16.1 Å². The quantitative estimate of drug-likeness (QED) is 0.752.